The third-order valence-corrected chi connectivity index (χ3v) is 5.89. The molecule has 2 N–H and O–H groups in total. The van der Waals surface area contributed by atoms with E-state index in [4.69, 9.17) is 0 Å². The standard InChI is InChI=1S/C21H21F2N7O2/c1-24-21(32)13-2-3-15(20(23)26-13)29-6-4-28(5-7-29)9-12-10-30-11-25-14-8-16(31)27-18(17(12)22)19(14)30/h2-3,10-11H,4-9H2,1H3,(H,24,32)(H,27,31). The summed E-state index contributed by atoms with van der Waals surface area (Å²) in [6.07, 6.45) is 3.43. The van der Waals surface area contributed by atoms with Crippen LogP contribution in [0.15, 0.2) is 24.7 Å². The molecule has 5 heterocycles. The predicted octanol–water partition coefficient (Wildman–Crippen LogP) is 1.18. The van der Waals surface area contributed by atoms with Gasteiger partial charge >= 0.3 is 0 Å². The number of imidazole rings is 1. The summed E-state index contributed by atoms with van der Waals surface area (Å²) in [7, 11) is 1.46. The minimum atomic E-state index is -0.693. The maximum atomic E-state index is 15.2. The zero-order valence-electron chi connectivity index (χ0n) is 17.4. The van der Waals surface area contributed by atoms with Crippen LogP contribution < -0.4 is 15.5 Å². The molecule has 5 rings (SSSR count). The van der Waals surface area contributed by atoms with Gasteiger partial charge in [-0.3, -0.25) is 14.5 Å². The van der Waals surface area contributed by atoms with Gasteiger partial charge in [-0.15, -0.1) is 0 Å². The largest absolute Gasteiger partial charge is 0.365 e. The van der Waals surface area contributed by atoms with Crippen molar-refractivity contribution in [2.24, 2.45) is 0 Å². The quantitative estimate of drug-likeness (QED) is 0.591. The topological polar surface area (TPSA) is 94.9 Å². The van der Waals surface area contributed by atoms with E-state index in [9.17, 15) is 14.0 Å². The van der Waals surface area contributed by atoms with Gasteiger partial charge in [-0.25, -0.2) is 14.4 Å². The summed E-state index contributed by atoms with van der Waals surface area (Å²) >= 11 is 0. The zero-order valence-corrected chi connectivity index (χ0v) is 17.4. The summed E-state index contributed by atoms with van der Waals surface area (Å²) in [5.74, 6) is -1.86. The lowest BCUT2D eigenvalue weighted by atomic mass is 10.1. The molecule has 3 aromatic heterocycles. The molecule has 9 nitrogen and oxygen atoms in total. The second kappa shape index (κ2) is 7.83. The number of piperazine rings is 1. The maximum Gasteiger partial charge on any atom is 0.269 e. The molecule has 0 aromatic carbocycles. The summed E-state index contributed by atoms with van der Waals surface area (Å²) in [6.45, 7) is 2.58. The van der Waals surface area contributed by atoms with Crippen LogP contribution in [0.3, 0.4) is 0 Å². The highest BCUT2D eigenvalue weighted by Crippen LogP contribution is 2.31. The van der Waals surface area contributed by atoms with E-state index >= 15 is 4.39 Å². The molecule has 2 aliphatic heterocycles. The zero-order chi connectivity index (χ0) is 22.4. The molecular weight excluding hydrogens is 420 g/mol. The lowest BCUT2D eigenvalue weighted by Crippen LogP contribution is -2.46. The van der Waals surface area contributed by atoms with E-state index in [1.165, 1.54) is 13.1 Å². The number of pyridine rings is 2. The van der Waals surface area contributed by atoms with Crippen LogP contribution in [0.2, 0.25) is 0 Å². The SMILES string of the molecule is CNC(=O)c1ccc(N2CCN(Cc3cn4cnc5c4c(c3F)NC(=O)C5)CC2)c(F)n1. The van der Waals surface area contributed by atoms with Crippen molar-refractivity contribution in [3.63, 3.8) is 0 Å². The summed E-state index contributed by atoms with van der Waals surface area (Å²) in [6, 6.07) is 3.05. The second-order valence-corrected chi connectivity index (χ2v) is 7.86. The molecule has 2 aliphatic rings. The number of nitrogens with zero attached hydrogens (tertiary/aromatic N) is 5. The Bertz CT molecular complexity index is 1230. The van der Waals surface area contributed by atoms with E-state index in [2.05, 4.69) is 25.5 Å². The third-order valence-electron chi connectivity index (χ3n) is 5.89. The first-order valence-electron chi connectivity index (χ1n) is 10.3. The summed E-state index contributed by atoms with van der Waals surface area (Å²) in [4.78, 5) is 35.4. The second-order valence-electron chi connectivity index (χ2n) is 7.86. The van der Waals surface area contributed by atoms with E-state index in [1.54, 1.807) is 23.0 Å². The molecule has 1 saturated heterocycles. The van der Waals surface area contributed by atoms with Gasteiger partial charge in [0.15, 0.2) is 5.82 Å². The van der Waals surface area contributed by atoms with E-state index in [1.807, 2.05) is 4.90 Å². The molecule has 0 atom stereocenters. The maximum absolute atomic E-state index is 15.2. The average molecular weight is 441 g/mol. The highest BCUT2D eigenvalue weighted by atomic mass is 19.1. The first-order chi connectivity index (χ1) is 15.4. The van der Waals surface area contributed by atoms with Gasteiger partial charge < -0.3 is 19.9 Å². The van der Waals surface area contributed by atoms with Crippen LogP contribution in [0.4, 0.5) is 20.2 Å². The summed E-state index contributed by atoms with van der Waals surface area (Å²) < 4.78 is 31.4. The molecule has 0 radical (unpaired) electrons. The number of rotatable bonds is 4. The van der Waals surface area contributed by atoms with Crippen LogP contribution in [-0.2, 0) is 17.8 Å². The first kappa shape index (κ1) is 20.3. The molecule has 1 fully saturated rings. The Morgan fingerprint density at radius 1 is 1.22 bits per heavy atom. The normalized spacial score (nSPS) is 16.3. The van der Waals surface area contributed by atoms with E-state index < -0.39 is 17.7 Å². The van der Waals surface area contributed by atoms with Crippen molar-refractivity contribution in [3.8, 4) is 0 Å². The van der Waals surface area contributed by atoms with E-state index in [0.29, 0.717) is 55.2 Å². The van der Waals surface area contributed by atoms with Gasteiger partial charge in [0.05, 0.1) is 29.6 Å². The fraction of sp³-hybridized carbons (Fsp3) is 0.333. The van der Waals surface area contributed by atoms with Crippen molar-refractivity contribution in [1.29, 1.82) is 0 Å². The number of aromatic nitrogens is 3. The fourth-order valence-corrected chi connectivity index (χ4v) is 4.25. The number of carbonyl (C=O) groups is 2. The number of halogens is 2. The Balaban J connectivity index is 1.30. The van der Waals surface area contributed by atoms with Crippen LogP contribution >= 0.6 is 0 Å². The van der Waals surface area contributed by atoms with Crippen molar-refractivity contribution < 1.29 is 18.4 Å². The van der Waals surface area contributed by atoms with Crippen LogP contribution in [-0.4, -0.2) is 64.3 Å². The fourth-order valence-electron chi connectivity index (χ4n) is 4.25. The van der Waals surface area contributed by atoms with Gasteiger partial charge in [0.25, 0.3) is 5.91 Å². The molecular formula is C21H21F2N7O2. The van der Waals surface area contributed by atoms with Crippen molar-refractivity contribution >= 4 is 28.7 Å². The number of hydrogen-bond donors (Lipinski definition) is 2. The molecule has 0 bridgehead atoms. The lowest BCUT2D eigenvalue weighted by Gasteiger charge is -2.36. The van der Waals surface area contributed by atoms with Gasteiger partial charge in [0.1, 0.15) is 11.4 Å². The van der Waals surface area contributed by atoms with E-state index in [0.717, 1.165) is 0 Å². The molecule has 166 valence electrons. The summed E-state index contributed by atoms with van der Waals surface area (Å²) in [5, 5.41) is 5.05. The Hall–Kier alpha value is -3.60. The number of anilines is 2. The van der Waals surface area contributed by atoms with Crippen LogP contribution in [0, 0.1) is 11.8 Å². The van der Waals surface area contributed by atoms with Crippen LogP contribution in [0.1, 0.15) is 21.7 Å². The molecule has 3 aromatic rings. The summed E-state index contributed by atoms with van der Waals surface area (Å²) in [5.41, 5.74) is 2.16. The number of carbonyl (C=O) groups excluding carboxylic acids is 2. The van der Waals surface area contributed by atoms with Crippen LogP contribution in [0.5, 0.6) is 0 Å². The monoisotopic (exact) mass is 441 g/mol. The molecule has 2 amide bonds. The van der Waals surface area contributed by atoms with Crippen molar-refractivity contribution in [2.75, 3.05) is 43.4 Å². The molecule has 0 aliphatic carbocycles. The minimum absolute atomic E-state index is 0.0250. The molecule has 32 heavy (non-hydrogen) atoms. The van der Waals surface area contributed by atoms with Gasteiger partial charge in [-0.2, -0.15) is 4.39 Å². The lowest BCUT2D eigenvalue weighted by molar-refractivity contribution is -0.115. The van der Waals surface area contributed by atoms with Crippen molar-refractivity contribution in [2.45, 2.75) is 13.0 Å². The smallest absolute Gasteiger partial charge is 0.269 e. The van der Waals surface area contributed by atoms with E-state index in [-0.39, 0.29) is 23.7 Å². The molecule has 11 heteroatoms. The Morgan fingerprint density at radius 3 is 2.72 bits per heavy atom. The number of amides is 2. The Labute approximate surface area is 182 Å². The average Bonchev–Trinajstić information content (AvgIpc) is 3.19. The van der Waals surface area contributed by atoms with Gasteiger partial charge in [0, 0.05) is 51.5 Å². The predicted molar refractivity (Wildman–Crippen MR) is 113 cm³/mol. The van der Waals surface area contributed by atoms with Gasteiger partial charge in [0.2, 0.25) is 11.9 Å². The Kier molecular flexibility index (Phi) is 4.97. The van der Waals surface area contributed by atoms with Gasteiger partial charge in [-0.05, 0) is 12.1 Å². The van der Waals surface area contributed by atoms with Crippen molar-refractivity contribution in [1.82, 2.24) is 24.6 Å². The first-order valence-corrected chi connectivity index (χ1v) is 10.3. The number of hydrogen-bond acceptors (Lipinski definition) is 6. The minimum Gasteiger partial charge on any atom is -0.365 e. The van der Waals surface area contributed by atoms with Crippen LogP contribution in [0.25, 0.3) is 5.52 Å². The Morgan fingerprint density at radius 2 is 2.00 bits per heavy atom. The highest BCUT2D eigenvalue weighted by molar-refractivity contribution is 6.02. The molecule has 0 spiro atoms. The van der Waals surface area contributed by atoms with Gasteiger partial charge in [-0.1, -0.05) is 0 Å². The highest BCUT2D eigenvalue weighted by Gasteiger charge is 2.27. The van der Waals surface area contributed by atoms with Crippen molar-refractivity contribution in [3.05, 3.63) is 53.4 Å². The number of nitrogens with one attached hydrogen (secondary N) is 2. The third kappa shape index (κ3) is 3.44. The molecule has 0 saturated carbocycles. The molecule has 0 unspecified atom stereocenters.